The molecule has 0 spiro atoms. The predicted octanol–water partition coefficient (Wildman–Crippen LogP) is 1.39. The van der Waals surface area contributed by atoms with E-state index in [-0.39, 0.29) is 11.1 Å². The Morgan fingerprint density at radius 3 is 2.29 bits per heavy atom. The fraction of sp³-hybridized carbons (Fsp3) is 0. The number of fused-ring (bicyclic) bond motifs is 1. The van der Waals surface area contributed by atoms with Gasteiger partial charge in [0.25, 0.3) is 5.78 Å². The molecular formula is C9H5NO4. The van der Waals surface area contributed by atoms with Crippen molar-refractivity contribution in [1.29, 1.82) is 0 Å². The van der Waals surface area contributed by atoms with Crippen molar-refractivity contribution in [3.63, 3.8) is 0 Å². The Kier molecular flexibility index (Phi) is 1.60. The van der Waals surface area contributed by atoms with E-state index < -0.39 is 22.2 Å². The maximum atomic E-state index is 11.4. The number of carbonyl (C=O) groups is 1. The number of aliphatic hydroxyl groups excluding tert-OH is 1. The van der Waals surface area contributed by atoms with Crippen molar-refractivity contribution in [2.24, 2.45) is 0 Å². The number of allylic oxidation sites excluding steroid dienone is 1. The van der Waals surface area contributed by atoms with Crippen molar-refractivity contribution in [1.82, 2.24) is 0 Å². The van der Waals surface area contributed by atoms with Gasteiger partial charge in [0.1, 0.15) is 0 Å². The highest BCUT2D eigenvalue weighted by atomic mass is 16.6. The highest BCUT2D eigenvalue weighted by molar-refractivity contribution is 6.17. The van der Waals surface area contributed by atoms with Gasteiger partial charge in [-0.15, -0.1) is 0 Å². The van der Waals surface area contributed by atoms with Crippen LogP contribution in [0.15, 0.2) is 30.0 Å². The van der Waals surface area contributed by atoms with E-state index >= 15 is 0 Å². The molecule has 0 atom stereocenters. The first-order chi connectivity index (χ1) is 6.63. The Hall–Kier alpha value is -2.17. The lowest BCUT2D eigenvalue weighted by atomic mass is 10.1. The van der Waals surface area contributed by atoms with Crippen LogP contribution < -0.4 is 0 Å². The van der Waals surface area contributed by atoms with E-state index in [1.54, 1.807) is 12.1 Å². The van der Waals surface area contributed by atoms with Crippen molar-refractivity contribution in [3.05, 3.63) is 51.2 Å². The minimum atomic E-state index is -0.863. The zero-order valence-corrected chi connectivity index (χ0v) is 6.93. The highest BCUT2D eigenvalue weighted by Gasteiger charge is 2.38. The van der Waals surface area contributed by atoms with Gasteiger partial charge in [0, 0.05) is 11.1 Å². The molecule has 1 aromatic rings. The fourth-order valence-electron chi connectivity index (χ4n) is 1.42. The van der Waals surface area contributed by atoms with Crippen molar-refractivity contribution in [3.8, 4) is 0 Å². The van der Waals surface area contributed by atoms with E-state index in [1.165, 1.54) is 12.1 Å². The topological polar surface area (TPSA) is 80.4 Å². The summed E-state index contributed by atoms with van der Waals surface area (Å²) in [6, 6.07) is 6.11. The summed E-state index contributed by atoms with van der Waals surface area (Å²) in [7, 11) is 0. The normalized spacial score (nSPS) is 14.4. The van der Waals surface area contributed by atoms with E-state index in [0.29, 0.717) is 0 Å². The first kappa shape index (κ1) is 8.43. The summed E-state index contributed by atoms with van der Waals surface area (Å²) in [6.07, 6.45) is 0. The summed E-state index contributed by atoms with van der Waals surface area (Å²) in [6.45, 7) is 0. The van der Waals surface area contributed by atoms with Crippen molar-refractivity contribution in [2.45, 2.75) is 0 Å². The van der Waals surface area contributed by atoms with E-state index in [9.17, 15) is 20.0 Å². The van der Waals surface area contributed by atoms with Gasteiger partial charge in [0.2, 0.25) is 5.76 Å². The third kappa shape index (κ3) is 0.922. The summed E-state index contributed by atoms with van der Waals surface area (Å²) in [4.78, 5) is 21.0. The smallest absolute Gasteiger partial charge is 0.358 e. The minimum absolute atomic E-state index is 0.178. The average molecular weight is 191 g/mol. The number of nitro groups is 1. The molecule has 0 fully saturated rings. The third-order valence-corrected chi connectivity index (χ3v) is 2.05. The number of nitrogens with zero attached hydrogens (tertiary/aromatic N) is 1. The van der Waals surface area contributed by atoms with Gasteiger partial charge in [-0.1, -0.05) is 24.3 Å². The van der Waals surface area contributed by atoms with Gasteiger partial charge in [-0.3, -0.25) is 14.9 Å². The molecule has 5 nitrogen and oxygen atoms in total. The van der Waals surface area contributed by atoms with Crippen molar-refractivity contribution < 1.29 is 14.8 Å². The van der Waals surface area contributed by atoms with Crippen LogP contribution in [-0.2, 0) is 0 Å². The monoisotopic (exact) mass is 191 g/mol. The molecule has 14 heavy (non-hydrogen) atoms. The molecule has 1 N–H and O–H groups in total. The lowest BCUT2D eigenvalue weighted by Crippen LogP contribution is -2.07. The van der Waals surface area contributed by atoms with Crippen LogP contribution in [0.5, 0.6) is 0 Å². The predicted molar refractivity (Wildman–Crippen MR) is 47.3 cm³/mol. The highest BCUT2D eigenvalue weighted by Crippen LogP contribution is 2.30. The Morgan fingerprint density at radius 1 is 1.21 bits per heavy atom. The summed E-state index contributed by atoms with van der Waals surface area (Å²) in [5.41, 5.74) is -0.341. The molecule has 0 saturated carbocycles. The number of Topliss-reactive ketones (excluding diaryl/α,β-unsaturated/α-hetero) is 1. The number of hydrogen-bond donors (Lipinski definition) is 1. The Balaban J connectivity index is 2.69. The lowest BCUT2D eigenvalue weighted by Gasteiger charge is -1.93. The van der Waals surface area contributed by atoms with Crippen LogP contribution in [0.3, 0.4) is 0 Å². The van der Waals surface area contributed by atoms with Gasteiger partial charge in [-0.05, 0) is 0 Å². The molecule has 0 radical (unpaired) electrons. The SMILES string of the molecule is O=C1C([N+](=O)[O-])=C(O)c2ccccc21. The van der Waals surface area contributed by atoms with Gasteiger partial charge in [-0.25, -0.2) is 0 Å². The molecule has 0 saturated heterocycles. The van der Waals surface area contributed by atoms with Crippen LogP contribution in [0, 0.1) is 10.1 Å². The summed E-state index contributed by atoms with van der Waals surface area (Å²) < 4.78 is 0. The maximum Gasteiger partial charge on any atom is 0.358 e. The number of hydrogen-bond acceptors (Lipinski definition) is 4. The molecule has 0 heterocycles. The Labute approximate surface area is 78.4 Å². The number of ketones is 1. The van der Waals surface area contributed by atoms with E-state index in [2.05, 4.69) is 0 Å². The van der Waals surface area contributed by atoms with Gasteiger partial charge in [0.15, 0.2) is 0 Å². The third-order valence-electron chi connectivity index (χ3n) is 2.05. The molecule has 0 unspecified atom stereocenters. The van der Waals surface area contributed by atoms with E-state index in [4.69, 9.17) is 0 Å². The average Bonchev–Trinajstić information content (AvgIpc) is 2.41. The molecular weight excluding hydrogens is 186 g/mol. The molecule has 1 aliphatic carbocycles. The Bertz CT molecular complexity index is 475. The molecule has 70 valence electrons. The van der Waals surface area contributed by atoms with E-state index in [0.717, 1.165) is 0 Å². The summed E-state index contributed by atoms with van der Waals surface area (Å²) in [5, 5.41) is 19.9. The zero-order valence-electron chi connectivity index (χ0n) is 6.93. The lowest BCUT2D eigenvalue weighted by molar-refractivity contribution is -0.416. The number of carbonyl (C=O) groups excluding carboxylic acids is 1. The van der Waals surface area contributed by atoms with Crippen LogP contribution in [0.25, 0.3) is 5.76 Å². The number of benzene rings is 1. The molecule has 2 rings (SSSR count). The molecule has 1 aliphatic rings. The van der Waals surface area contributed by atoms with Crippen LogP contribution in [-0.4, -0.2) is 15.8 Å². The second kappa shape index (κ2) is 2.66. The summed E-state index contributed by atoms with van der Waals surface area (Å²) in [5.74, 6) is -1.28. The van der Waals surface area contributed by atoms with Gasteiger partial charge < -0.3 is 5.11 Å². The molecule has 1 aromatic carbocycles. The summed E-state index contributed by atoms with van der Waals surface area (Å²) >= 11 is 0. The largest absolute Gasteiger partial charge is 0.502 e. The molecule has 0 amide bonds. The first-order valence-electron chi connectivity index (χ1n) is 3.84. The molecule has 5 heteroatoms. The second-order valence-electron chi connectivity index (χ2n) is 2.83. The van der Waals surface area contributed by atoms with E-state index in [1.807, 2.05) is 0 Å². The first-order valence-corrected chi connectivity index (χ1v) is 3.84. The zero-order chi connectivity index (χ0) is 10.3. The molecule has 0 aliphatic heterocycles. The second-order valence-corrected chi connectivity index (χ2v) is 2.83. The fourth-order valence-corrected chi connectivity index (χ4v) is 1.42. The Morgan fingerprint density at radius 2 is 1.79 bits per heavy atom. The van der Waals surface area contributed by atoms with Gasteiger partial charge in [0.05, 0.1) is 4.92 Å². The van der Waals surface area contributed by atoms with Crippen LogP contribution in [0.2, 0.25) is 0 Å². The molecule has 0 aromatic heterocycles. The van der Waals surface area contributed by atoms with Gasteiger partial charge >= 0.3 is 5.70 Å². The van der Waals surface area contributed by atoms with Gasteiger partial charge in [-0.2, -0.15) is 0 Å². The van der Waals surface area contributed by atoms with Crippen LogP contribution in [0.4, 0.5) is 0 Å². The minimum Gasteiger partial charge on any atom is -0.502 e. The quantitative estimate of drug-likeness (QED) is 0.537. The van der Waals surface area contributed by atoms with Crippen LogP contribution >= 0.6 is 0 Å². The van der Waals surface area contributed by atoms with Crippen LogP contribution in [0.1, 0.15) is 15.9 Å². The van der Waals surface area contributed by atoms with Crippen molar-refractivity contribution >= 4 is 11.5 Å². The molecule has 0 bridgehead atoms. The number of aliphatic hydroxyl groups is 1. The maximum absolute atomic E-state index is 11.4. The standard InChI is InChI=1S/C9H5NO4/c11-8-5-3-1-2-4-6(5)9(12)7(8)10(13)14/h1-4,11H. The van der Waals surface area contributed by atoms with Crippen molar-refractivity contribution in [2.75, 3.05) is 0 Å². The number of rotatable bonds is 1.